The van der Waals surface area contributed by atoms with Crippen molar-refractivity contribution < 1.29 is 22.5 Å². The van der Waals surface area contributed by atoms with Crippen molar-refractivity contribution in [2.24, 2.45) is 0 Å². The van der Waals surface area contributed by atoms with Crippen LogP contribution in [0.15, 0.2) is 28.9 Å². The molecule has 2 aromatic rings. The van der Waals surface area contributed by atoms with Crippen LogP contribution in [0.5, 0.6) is 0 Å². The molecule has 2 rings (SSSR count). The van der Waals surface area contributed by atoms with Crippen molar-refractivity contribution >= 4 is 10.8 Å². The molecule has 0 aliphatic carbocycles. The Kier molecular flexibility index (Phi) is 4.39. The highest BCUT2D eigenvalue weighted by molar-refractivity contribution is 7.84. The Hall–Kier alpha value is -1.60. The van der Waals surface area contributed by atoms with E-state index in [9.17, 15) is 13.0 Å². The molecule has 19 heavy (non-hydrogen) atoms. The average Bonchev–Trinajstić information content (AvgIpc) is 2.77. The van der Waals surface area contributed by atoms with Crippen molar-refractivity contribution in [3.63, 3.8) is 0 Å². The van der Waals surface area contributed by atoms with E-state index in [0.29, 0.717) is 5.69 Å². The van der Waals surface area contributed by atoms with Gasteiger partial charge in [-0.3, -0.25) is 4.21 Å². The molecule has 0 saturated carbocycles. The number of benzene rings is 1. The fourth-order valence-corrected chi connectivity index (χ4v) is 2.34. The van der Waals surface area contributed by atoms with Gasteiger partial charge in [-0.2, -0.15) is 0 Å². The van der Waals surface area contributed by atoms with Crippen LogP contribution in [0, 0.1) is 11.6 Å². The van der Waals surface area contributed by atoms with E-state index < -0.39 is 22.4 Å². The molecule has 4 nitrogen and oxygen atoms in total. The van der Waals surface area contributed by atoms with Crippen molar-refractivity contribution in [3.8, 4) is 11.5 Å². The van der Waals surface area contributed by atoms with Gasteiger partial charge in [0, 0.05) is 16.6 Å². The lowest BCUT2D eigenvalue weighted by atomic mass is 10.2. The third-order valence-corrected chi connectivity index (χ3v) is 3.61. The van der Waals surface area contributed by atoms with E-state index in [-0.39, 0.29) is 29.6 Å². The SMILES string of the molecule is O=S(CCO)Cc1coc(-c2c(F)cccc2F)n1. The number of oxazole rings is 1. The van der Waals surface area contributed by atoms with E-state index >= 15 is 0 Å². The van der Waals surface area contributed by atoms with Gasteiger partial charge in [0.05, 0.1) is 18.1 Å². The summed E-state index contributed by atoms with van der Waals surface area (Å²) in [4.78, 5) is 3.90. The van der Waals surface area contributed by atoms with Gasteiger partial charge in [-0.05, 0) is 12.1 Å². The molecular weight excluding hydrogens is 276 g/mol. The molecule has 0 radical (unpaired) electrons. The zero-order valence-electron chi connectivity index (χ0n) is 9.81. The molecule has 0 spiro atoms. The standard InChI is InChI=1S/C12H11F2NO3S/c13-9-2-1-3-10(14)11(9)12-15-8(6-18-12)7-19(17)5-4-16/h1-3,6,16H,4-5,7H2. The Labute approximate surface area is 110 Å². The summed E-state index contributed by atoms with van der Waals surface area (Å²) in [5.74, 6) is -1.54. The maximum Gasteiger partial charge on any atom is 0.232 e. The molecule has 1 atom stereocenters. The first-order valence-electron chi connectivity index (χ1n) is 5.46. The summed E-state index contributed by atoms with van der Waals surface area (Å²) in [6.07, 6.45) is 1.20. The minimum Gasteiger partial charge on any atom is -0.444 e. The van der Waals surface area contributed by atoms with Crippen LogP contribution in [0.4, 0.5) is 8.78 Å². The van der Waals surface area contributed by atoms with E-state index in [1.54, 1.807) is 0 Å². The van der Waals surface area contributed by atoms with E-state index in [4.69, 9.17) is 9.52 Å². The second kappa shape index (κ2) is 6.03. The van der Waals surface area contributed by atoms with Gasteiger partial charge in [-0.25, -0.2) is 13.8 Å². The van der Waals surface area contributed by atoms with Crippen LogP contribution in [0.3, 0.4) is 0 Å². The molecule has 1 N–H and O–H groups in total. The van der Waals surface area contributed by atoms with Crippen molar-refractivity contribution in [3.05, 3.63) is 41.8 Å². The van der Waals surface area contributed by atoms with Crippen LogP contribution in [-0.2, 0) is 16.6 Å². The van der Waals surface area contributed by atoms with Crippen LogP contribution < -0.4 is 0 Å². The van der Waals surface area contributed by atoms with Gasteiger partial charge in [-0.15, -0.1) is 0 Å². The van der Waals surface area contributed by atoms with Crippen molar-refractivity contribution in [2.45, 2.75) is 5.75 Å². The zero-order chi connectivity index (χ0) is 13.8. The predicted molar refractivity (Wildman–Crippen MR) is 65.7 cm³/mol. The molecular formula is C12H11F2NO3S. The molecule has 102 valence electrons. The highest BCUT2D eigenvalue weighted by Gasteiger charge is 2.17. The number of hydrogen-bond donors (Lipinski definition) is 1. The largest absolute Gasteiger partial charge is 0.444 e. The molecule has 0 aliphatic rings. The molecule has 7 heteroatoms. The Morgan fingerprint density at radius 3 is 2.63 bits per heavy atom. The number of hydrogen-bond acceptors (Lipinski definition) is 4. The van der Waals surface area contributed by atoms with E-state index in [2.05, 4.69) is 4.98 Å². The van der Waals surface area contributed by atoms with Gasteiger partial charge in [0.15, 0.2) is 0 Å². The predicted octanol–water partition coefficient (Wildman–Crippen LogP) is 1.86. The van der Waals surface area contributed by atoms with Gasteiger partial charge in [-0.1, -0.05) is 6.07 Å². The first-order chi connectivity index (χ1) is 9.11. The van der Waals surface area contributed by atoms with Crippen LogP contribution >= 0.6 is 0 Å². The summed E-state index contributed by atoms with van der Waals surface area (Å²) >= 11 is 0. The second-order valence-electron chi connectivity index (χ2n) is 3.75. The normalized spacial score (nSPS) is 12.6. The van der Waals surface area contributed by atoms with E-state index in [0.717, 1.165) is 12.1 Å². The molecule has 1 heterocycles. The van der Waals surface area contributed by atoms with Crippen molar-refractivity contribution in [2.75, 3.05) is 12.4 Å². The van der Waals surface area contributed by atoms with Gasteiger partial charge < -0.3 is 9.52 Å². The Balaban J connectivity index is 2.24. The summed E-state index contributed by atoms with van der Waals surface area (Å²) in [5, 5.41) is 8.63. The minimum atomic E-state index is -1.28. The van der Waals surface area contributed by atoms with Crippen LogP contribution in [0.1, 0.15) is 5.69 Å². The third-order valence-electron chi connectivity index (χ3n) is 2.36. The van der Waals surface area contributed by atoms with Crippen LogP contribution in [0.2, 0.25) is 0 Å². The number of rotatable bonds is 5. The molecule has 0 bridgehead atoms. The Morgan fingerprint density at radius 1 is 1.32 bits per heavy atom. The highest BCUT2D eigenvalue weighted by Crippen LogP contribution is 2.25. The summed E-state index contributed by atoms with van der Waals surface area (Å²) in [6.45, 7) is -0.195. The number of aliphatic hydroxyl groups is 1. The van der Waals surface area contributed by atoms with E-state index in [1.165, 1.54) is 12.3 Å². The molecule has 0 fully saturated rings. The van der Waals surface area contributed by atoms with Gasteiger partial charge in [0.2, 0.25) is 5.89 Å². The fraction of sp³-hybridized carbons (Fsp3) is 0.250. The molecule has 0 aliphatic heterocycles. The average molecular weight is 287 g/mol. The first kappa shape index (κ1) is 13.8. The minimum absolute atomic E-state index is 0.0696. The molecule has 1 aromatic carbocycles. The van der Waals surface area contributed by atoms with Crippen molar-refractivity contribution in [1.82, 2.24) is 4.98 Å². The Bertz CT molecular complexity index is 580. The van der Waals surface area contributed by atoms with Gasteiger partial charge >= 0.3 is 0 Å². The van der Waals surface area contributed by atoms with Crippen LogP contribution in [-0.4, -0.2) is 26.7 Å². The zero-order valence-corrected chi connectivity index (χ0v) is 10.6. The van der Waals surface area contributed by atoms with E-state index in [1.807, 2.05) is 0 Å². The number of aliphatic hydroxyl groups excluding tert-OH is 1. The lowest BCUT2D eigenvalue weighted by Crippen LogP contribution is -2.04. The summed E-state index contributed by atoms with van der Waals surface area (Å²) in [5.41, 5.74) is -0.0221. The molecule has 1 unspecified atom stereocenters. The summed E-state index contributed by atoms with van der Waals surface area (Å²) in [6, 6.07) is 3.45. The molecule has 0 saturated heterocycles. The smallest absolute Gasteiger partial charge is 0.232 e. The topological polar surface area (TPSA) is 63.3 Å². The summed E-state index contributed by atoms with van der Waals surface area (Å²) < 4.78 is 43.4. The first-order valence-corrected chi connectivity index (χ1v) is 6.95. The number of halogens is 2. The maximum absolute atomic E-state index is 13.5. The molecule has 0 amide bonds. The fourth-order valence-electron chi connectivity index (χ4n) is 1.53. The lowest BCUT2D eigenvalue weighted by Gasteiger charge is -1.99. The quantitative estimate of drug-likeness (QED) is 0.911. The monoisotopic (exact) mass is 287 g/mol. The Morgan fingerprint density at radius 2 is 2.00 bits per heavy atom. The summed E-state index contributed by atoms with van der Waals surface area (Å²) in [7, 11) is -1.28. The second-order valence-corrected chi connectivity index (χ2v) is 5.33. The lowest BCUT2D eigenvalue weighted by molar-refractivity contribution is 0.321. The van der Waals surface area contributed by atoms with Gasteiger partial charge in [0.1, 0.15) is 23.5 Å². The number of nitrogens with zero attached hydrogens (tertiary/aromatic N) is 1. The van der Waals surface area contributed by atoms with Gasteiger partial charge in [0.25, 0.3) is 0 Å². The van der Waals surface area contributed by atoms with Crippen molar-refractivity contribution in [1.29, 1.82) is 0 Å². The number of aromatic nitrogens is 1. The van der Waals surface area contributed by atoms with Crippen LogP contribution in [0.25, 0.3) is 11.5 Å². The highest BCUT2D eigenvalue weighted by atomic mass is 32.2. The third kappa shape index (κ3) is 3.24. The molecule has 1 aromatic heterocycles. The maximum atomic E-state index is 13.5.